The minimum absolute atomic E-state index is 0. The van der Waals surface area contributed by atoms with E-state index in [4.69, 9.17) is 9.57 Å². The second-order valence-corrected chi connectivity index (χ2v) is 4.14. The Morgan fingerprint density at radius 2 is 1.86 bits per heavy atom. The van der Waals surface area contributed by atoms with E-state index in [1.807, 2.05) is 48.0 Å². The third-order valence-corrected chi connectivity index (χ3v) is 2.93. The molecule has 114 valence electrons. The second-order valence-electron chi connectivity index (χ2n) is 4.14. The molecule has 1 aromatic carbocycles. The average Bonchev–Trinajstić information content (AvgIpc) is 2.53. The molecular formula is C15H20IN3O2. The van der Waals surface area contributed by atoms with Gasteiger partial charge in [-0.1, -0.05) is 22.2 Å². The Bertz CT molecular complexity index is 566. The Balaban J connectivity index is 0.00000220. The van der Waals surface area contributed by atoms with Crippen molar-refractivity contribution in [3.63, 3.8) is 0 Å². The quantitative estimate of drug-likeness (QED) is 0.362. The van der Waals surface area contributed by atoms with Gasteiger partial charge in [0.15, 0.2) is 5.75 Å². The highest BCUT2D eigenvalue weighted by atomic mass is 127. The molecule has 2 aromatic rings. The van der Waals surface area contributed by atoms with E-state index in [1.54, 1.807) is 18.4 Å². The first-order valence-corrected chi connectivity index (χ1v) is 6.73. The van der Waals surface area contributed by atoms with Crippen LogP contribution in [0.25, 0.3) is 0 Å². The molecule has 21 heavy (non-hydrogen) atoms. The van der Waals surface area contributed by atoms with E-state index in [0.29, 0.717) is 18.0 Å². The largest absolute Gasteiger partial charge is 1.00 e. The van der Waals surface area contributed by atoms with Crippen LogP contribution in [0.4, 0.5) is 5.95 Å². The van der Waals surface area contributed by atoms with Gasteiger partial charge in [0.25, 0.3) is 0 Å². The molecule has 0 bridgehead atoms. The lowest BCUT2D eigenvalue weighted by molar-refractivity contribution is -0.685. The number of aryl methyl sites for hydroxylation is 1. The van der Waals surface area contributed by atoms with Crippen LogP contribution in [0.2, 0.25) is 0 Å². The van der Waals surface area contributed by atoms with Crippen molar-refractivity contribution in [3.8, 4) is 11.5 Å². The minimum atomic E-state index is 0. The van der Waals surface area contributed by atoms with E-state index in [0.717, 1.165) is 12.5 Å². The number of anilines is 1. The second kappa shape index (κ2) is 8.66. The summed E-state index contributed by atoms with van der Waals surface area (Å²) in [6.07, 6.45) is 3.74. The van der Waals surface area contributed by atoms with Crippen LogP contribution >= 0.6 is 0 Å². The van der Waals surface area contributed by atoms with Crippen molar-refractivity contribution in [2.24, 2.45) is 0 Å². The smallest absolute Gasteiger partial charge is 0.430 e. The van der Waals surface area contributed by atoms with Crippen LogP contribution < -0.4 is 43.2 Å². The third-order valence-electron chi connectivity index (χ3n) is 2.93. The fourth-order valence-corrected chi connectivity index (χ4v) is 1.91. The first-order valence-electron chi connectivity index (χ1n) is 6.73. The molecule has 0 fully saturated rings. The number of nitrogens with zero attached hydrogens (tertiary/aromatic N) is 3. The van der Waals surface area contributed by atoms with Crippen LogP contribution in [0, 0.1) is 0 Å². The van der Waals surface area contributed by atoms with Gasteiger partial charge >= 0.3 is 5.95 Å². The molecule has 0 aliphatic rings. The van der Waals surface area contributed by atoms with Gasteiger partial charge in [0, 0.05) is 6.07 Å². The number of hydroxylamine groups is 1. The van der Waals surface area contributed by atoms with Crippen LogP contribution in [0.15, 0.2) is 42.7 Å². The summed E-state index contributed by atoms with van der Waals surface area (Å²) in [5.41, 5.74) is 0. The van der Waals surface area contributed by atoms with Gasteiger partial charge in [-0.2, -0.15) is 0 Å². The van der Waals surface area contributed by atoms with Gasteiger partial charge in [-0.25, -0.2) is 4.57 Å². The van der Waals surface area contributed by atoms with Gasteiger partial charge in [-0.15, -0.1) is 0 Å². The van der Waals surface area contributed by atoms with Crippen LogP contribution in [0.5, 0.6) is 11.5 Å². The molecule has 0 atom stereocenters. The molecule has 0 amide bonds. The lowest BCUT2D eigenvalue weighted by atomic mass is 10.3. The summed E-state index contributed by atoms with van der Waals surface area (Å²) in [5, 5.41) is 1.75. The van der Waals surface area contributed by atoms with Crippen molar-refractivity contribution in [2.45, 2.75) is 20.4 Å². The molecule has 5 nitrogen and oxygen atoms in total. The summed E-state index contributed by atoms with van der Waals surface area (Å²) in [7, 11) is 1.63. The zero-order valence-electron chi connectivity index (χ0n) is 12.5. The first kappa shape index (κ1) is 17.5. The molecule has 0 radical (unpaired) electrons. The standard InChI is InChI=1S/C15H20N3O2.HI/c1-4-17-12-8-11-16-15(17)18(5-2)20-14-10-7-6-9-13(14)19-3;/h6-12H,4-5H2,1-3H3;1H/q+1;/p-1. The summed E-state index contributed by atoms with van der Waals surface area (Å²) >= 11 is 0. The average molecular weight is 401 g/mol. The molecule has 0 saturated heterocycles. The molecule has 0 N–H and O–H groups in total. The third kappa shape index (κ3) is 4.20. The molecule has 0 unspecified atom stereocenters. The van der Waals surface area contributed by atoms with Gasteiger partial charge in [0.05, 0.1) is 19.9 Å². The predicted octanol–water partition coefficient (Wildman–Crippen LogP) is -0.778. The summed E-state index contributed by atoms with van der Waals surface area (Å²) in [6, 6.07) is 9.48. The highest BCUT2D eigenvalue weighted by molar-refractivity contribution is 5.40. The lowest BCUT2D eigenvalue weighted by Gasteiger charge is -2.17. The maximum atomic E-state index is 5.94. The van der Waals surface area contributed by atoms with E-state index < -0.39 is 0 Å². The summed E-state index contributed by atoms with van der Waals surface area (Å²) < 4.78 is 7.33. The monoisotopic (exact) mass is 401 g/mol. The fraction of sp³-hybridized carbons (Fsp3) is 0.333. The molecule has 2 rings (SSSR count). The molecule has 6 heteroatoms. The molecule has 0 aliphatic heterocycles. The highest BCUT2D eigenvalue weighted by Gasteiger charge is 2.22. The minimum Gasteiger partial charge on any atom is -1.00 e. The number of hydrogen-bond donors (Lipinski definition) is 0. The van der Waals surface area contributed by atoms with Gasteiger partial charge in [-0.05, 0) is 26.0 Å². The van der Waals surface area contributed by atoms with E-state index in [9.17, 15) is 0 Å². The molecular weight excluding hydrogens is 381 g/mol. The van der Waals surface area contributed by atoms with Crippen LogP contribution in [0.3, 0.4) is 0 Å². The Hall–Kier alpha value is -1.57. The number of ether oxygens (including phenoxy) is 1. The molecule has 1 heterocycles. The van der Waals surface area contributed by atoms with Crippen LogP contribution in [-0.2, 0) is 6.54 Å². The predicted molar refractivity (Wildman–Crippen MR) is 76.7 cm³/mol. The van der Waals surface area contributed by atoms with Gasteiger partial charge < -0.3 is 33.6 Å². The normalized spacial score (nSPS) is 9.67. The number of rotatable bonds is 6. The maximum absolute atomic E-state index is 5.94. The van der Waals surface area contributed by atoms with Crippen molar-refractivity contribution in [2.75, 3.05) is 18.7 Å². The Labute approximate surface area is 142 Å². The number of hydrogen-bond acceptors (Lipinski definition) is 4. The van der Waals surface area contributed by atoms with Gasteiger partial charge in [-0.3, -0.25) is 0 Å². The molecule has 0 aliphatic carbocycles. The van der Waals surface area contributed by atoms with Crippen molar-refractivity contribution in [1.29, 1.82) is 0 Å². The van der Waals surface area contributed by atoms with Crippen molar-refractivity contribution < 1.29 is 38.1 Å². The molecule has 0 spiro atoms. The zero-order valence-corrected chi connectivity index (χ0v) is 14.6. The number of aromatic nitrogens is 2. The topological polar surface area (TPSA) is 38.5 Å². The fourth-order valence-electron chi connectivity index (χ4n) is 1.91. The van der Waals surface area contributed by atoms with Gasteiger partial charge in [0.1, 0.15) is 12.7 Å². The van der Waals surface area contributed by atoms with Crippen molar-refractivity contribution in [1.82, 2.24) is 4.98 Å². The maximum Gasteiger partial charge on any atom is 0.430 e. The number of para-hydroxylation sites is 2. The number of halogens is 1. The van der Waals surface area contributed by atoms with Crippen LogP contribution in [-0.4, -0.2) is 18.6 Å². The van der Waals surface area contributed by atoms with Crippen molar-refractivity contribution >= 4 is 5.95 Å². The SMILES string of the molecule is CCN(Oc1ccccc1OC)c1nccc[n+]1CC.[I-]. The van der Waals surface area contributed by atoms with E-state index in [2.05, 4.69) is 11.9 Å². The first-order chi connectivity index (χ1) is 9.80. The number of benzene rings is 1. The Kier molecular flexibility index (Phi) is 7.21. The summed E-state index contributed by atoms with van der Waals surface area (Å²) in [6.45, 7) is 5.59. The van der Waals surface area contributed by atoms with E-state index >= 15 is 0 Å². The van der Waals surface area contributed by atoms with E-state index in [-0.39, 0.29) is 24.0 Å². The molecule has 1 aromatic heterocycles. The Morgan fingerprint density at radius 3 is 2.48 bits per heavy atom. The zero-order chi connectivity index (χ0) is 14.4. The molecule has 0 saturated carbocycles. The van der Waals surface area contributed by atoms with E-state index in [1.165, 1.54) is 0 Å². The Morgan fingerprint density at radius 1 is 1.14 bits per heavy atom. The van der Waals surface area contributed by atoms with Gasteiger partial charge in [0.2, 0.25) is 5.75 Å². The summed E-state index contributed by atoms with van der Waals surface area (Å²) in [4.78, 5) is 10.3. The lowest BCUT2D eigenvalue weighted by Crippen LogP contribution is -3.00. The van der Waals surface area contributed by atoms with Crippen LogP contribution in [0.1, 0.15) is 13.8 Å². The highest BCUT2D eigenvalue weighted by Crippen LogP contribution is 2.27. The van der Waals surface area contributed by atoms with Crippen molar-refractivity contribution in [3.05, 3.63) is 42.7 Å². The summed E-state index contributed by atoms with van der Waals surface area (Å²) in [5.74, 6) is 2.14. The number of methoxy groups -OCH3 is 1.